The predicted molar refractivity (Wildman–Crippen MR) is 72.9 cm³/mol. The lowest BCUT2D eigenvalue weighted by Crippen LogP contribution is -2.33. The van der Waals surface area contributed by atoms with Crippen LogP contribution in [0.15, 0.2) is 24.3 Å². The lowest BCUT2D eigenvalue weighted by atomic mass is 9.94. The van der Waals surface area contributed by atoms with Gasteiger partial charge >= 0.3 is 0 Å². The number of halogens is 1. The van der Waals surface area contributed by atoms with Gasteiger partial charge in [0, 0.05) is 29.2 Å². The summed E-state index contributed by atoms with van der Waals surface area (Å²) in [5.41, 5.74) is 4.64. The molecular formula is C14H17ClN2. The highest BCUT2D eigenvalue weighted by Gasteiger charge is 2.29. The maximum atomic E-state index is 3.66. The fourth-order valence-electron chi connectivity index (χ4n) is 3.46. The Morgan fingerprint density at radius 2 is 2.12 bits per heavy atom. The van der Waals surface area contributed by atoms with Crippen LogP contribution >= 0.6 is 12.4 Å². The van der Waals surface area contributed by atoms with Crippen molar-refractivity contribution in [2.45, 2.75) is 31.8 Å². The highest BCUT2D eigenvalue weighted by molar-refractivity contribution is 5.86. The fraction of sp³-hybridized carbons (Fsp3) is 0.429. The lowest BCUT2D eigenvalue weighted by Gasteiger charge is -2.30. The predicted octanol–water partition coefficient (Wildman–Crippen LogP) is 3.04. The summed E-state index contributed by atoms with van der Waals surface area (Å²) in [6.45, 7) is 2.35. The van der Waals surface area contributed by atoms with Crippen molar-refractivity contribution in [3.05, 3.63) is 35.5 Å². The second kappa shape index (κ2) is 4.04. The lowest BCUT2D eigenvalue weighted by molar-refractivity contribution is 0.384. The van der Waals surface area contributed by atoms with Gasteiger partial charge in [0.2, 0.25) is 0 Å². The van der Waals surface area contributed by atoms with Gasteiger partial charge in [-0.15, -0.1) is 12.4 Å². The molecule has 0 fully saturated rings. The molecule has 4 rings (SSSR count). The zero-order valence-electron chi connectivity index (χ0n) is 9.78. The number of rotatable bonds is 0. The van der Waals surface area contributed by atoms with Crippen LogP contribution in [0.3, 0.4) is 0 Å². The van der Waals surface area contributed by atoms with Crippen LogP contribution in [0.4, 0.5) is 0 Å². The number of hydrogen-bond donors (Lipinski definition) is 1. The Balaban J connectivity index is 0.000000902. The number of nitrogens with zero attached hydrogens (tertiary/aromatic N) is 1. The van der Waals surface area contributed by atoms with Gasteiger partial charge in [-0.2, -0.15) is 0 Å². The van der Waals surface area contributed by atoms with Crippen LogP contribution in [-0.4, -0.2) is 11.1 Å². The number of para-hydroxylation sites is 1. The average molecular weight is 249 g/mol. The molecule has 1 N–H and O–H groups in total. The van der Waals surface area contributed by atoms with Crippen LogP contribution in [0.1, 0.15) is 30.1 Å². The molecule has 0 spiro atoms. The van der Waals surface area contributed by atoms with E-state index < -0.39 is 0 Å². The summed E-state index contributed by atoms with van der Waals surface area (Å²) < 4.78 is 2.55. The molecule has 17 heavy (non-hydrogen) atoms. The molecule has 1 aromatic carbocycles. The van der Waals surface area contributed by atoms with Gasteiger partial charge in [0.1, 0.15) is 0 Å². The van der Waals surface area contributed by atoms with Crippen molar-refractivity contribution in [2.24, 2.45) is 0 Å². The number of hydrogen-bond acceptors (Lipinski definition) is 1. The monoisotopic (exact) mass is 248 g/mol. The highest BCUT2D eigenvalue weighted by atomic mass is 35.5. The second-order valence-corrected chi connectivity index (χ2v) is 4.93. The molecule has 2 nitrogen and oxygen atoms in total. The number of benzene rings is 1. The Kier molecular flexibility index (Phi) is 2.64. The smallest absolute Gasteiger partial charge is 0.0485 e. The zero-order valence-corrected chi connectivity index (χ0v) is 10.6. The second-order valence-electron chi connectivity index (χ2n) is 4.93. The van der Waals surface area contributed by atoms with Gasteiger partial charge in [-0.1, -0.05) is 18.2 Å². The van der Waals surface area contributed by atoms with Crippen molar-refractivity contribution in [3.63, 3.8) is 0 Å². The Labute approximate surface area is 107 Å². The molecule has 0 aliphatic carbocycles. The van der Waals surface area contributed by atoms with Crippen molar-refractivity contribution in [1.29, 1.82) is 0 Å². The number of aromatic nitrogens is 1. The molecule has 0 radical (unpaired) electrons. The summed E-state index contributed by atoms with van der Waals surface area (Å²) in [6.07, 6.45) is 3.81. The molecule has 0 saturated heterocycles. The van der Waals surface area contributed by atoms with Crippen molar-refractivity contribution in [2.75, 3.05) is 6.54 Å². The molecule has 1 unspecified atom stereocenters. The fourth-order valence-corrected chi connectivity index (χ4v) is 3.46. The molecule has 2 aliphatic rings. The topological polar surface area (TPSA) is 17.0 Å². The highest BCUT2D eigenvalue weighted by Crippen LogP contribution is 2.37. The van der Waals surface area contributed by atoms with E-state index in [-0.39, 0.29) is 12.4 Å². The molecule has 2 aliphatic heterocycles. The standard InChI is InChI=1S/C14H16N2.ClH/c1-2-6-13-10(4-1)11-7-8-15-12-5-3-9-16(13)14(11)12;/h1-2,4,6,12,15H,3,5,7-9H2;1H. The Morgan fingerprint density at radius 1 is 1.24 bits per heavy atom. The maximum Gasteiger partial charge on any atom is 0.0485 e. The van der Waals surface area contributed by atoms with Gasteiger partial charge < -0.3 is 9.88 Å². The van der Waals surface area contributed by atoms with E-state index in [1.54, 1.807) is 11.3 Å². The van der Waals surface area contributed by atoms with Gasteiger partial charge in [-0.05, 0) is 37.4 Å². The molecular weight excluding hydrogens is 232 g/mol. The minimum absolute atomic E-state index is 0. The first-order valence-corrected chi connectivity index (χ1v) is 6.28. The van der Waals surface area contributed by atoms with E-state index in [4.69, 9.17) is 0 Å². The molecule has 3 heteroatoms. The Morgan fingerprint density at radius 3 is 3.06 bits per heavy atom. The van der Waals surface area contributed by atoms with Crippen molar-refractivity contribution >= 4 is 23.3 Å². The van der Waals surface area contributed by atoms with Gasteiger partial charge in [-0.3, -0.25) is 0 Å². The largest absolute Gasteiger partial charge is 0.343 e. The van der Waals surface area contributed by atoms with E-state index in [0.29, 0.717) is 6.04 Å². The van der Waals surface area contributed by atoms with E-state index in [2.05, 4.69) is 34.1 Å². The van der Waals surface area contributed by atoms with Crippen molar-refractivity contribution < 1.29 is 0 Å². The summed E-state index contributed by atoms with van der Waals surface area (Å²) in [4.78, 5) is 0. The average Bonchev–Trinajstić information content (AvgIpc) is 2.68. The normalized spacial score (nSPS) is 22.0. The van der Waals surface area contributed by atoms with Crippen LogP contribution in [0.25, 0.3) is 10.9 Å². The van der Waals surface area contributed by atoms with E-state index in [9.17, 15) is 0 Å². The van der Waals surface area contributed by atoms with Crippen LogP contribution in [0.2, 0.25) is 0 Å². The third-order valence-corrected chi connectivity index (χ3v) is 4.09. The molecule has 2 aromatic rings. The van der Waals surface area contributed by atoms with Crippen LogP contribution in [0, 0.1) is 0 Å². The van der Waals surface area contributed by atoms with Gasteiger partial charge in [0.15, 0.2) is 0 Å². The molecule has 1 atom stereocenters. The first kappa shape index (κ1) is 11.1. The summed E-state index contributed by atoms with van der Waals surface area (Å²) in [5, 5.41) is 5.15. The van der Waals surface area contributed by atoms with E-state index in [1.165, 1.54) is 36.7 Å². The van der Waals surface area contributed by atoms with Crippen LogP contribution < -0.4 is 5.32 Å². The van der Waals surface area contributed by atoms with Crippen LogP contribution in [-0.2, 0) is 13.0 Å². The summed E-state index contributed by atoms with van der Waals surface area (Å²) >= 11 is 0. The molecule has 1 aromatic heterocycles. The minimum Gasteiger partial charge on any atom is -0.343 e. The molecule has 0 amide bonds. The molecule has 3 heterocycles. The van der Waals surface area contributed by atoms with Gasteiger partial charge in [0.05, 0.1) is 0 Å². The van der Waals surface area contributed by atoms with Crippen LogP contribution in [0.5, 0.6) is 0 Å². The molecule has 0 bridgehead atoms. The van der Waals surface area contributed by atoms with E-state index in [1.807, 2.05) is 0 Å². The molecule has 0 saturated carbocycles. The Bertz CT molecular complexity index is 512. The Hall–Kier alpha value is -0.990. The van der Waals surface area contributed by atoms with E-state index in [0.717, 1.165) is 6.54 Å². The van der Waals surface area contributed by atoms with Crippen molar-refractivity contribution in [1.82, 2.24) is 9.88 Å². The van der Waals surface area contributed by atoms with Crippen molar-refractivity contribution in [3.8, 4) is 0 Å². The molecule has 90 valence electrons. The first-order chi connectivity index (χ1) is 7.95. The van der Waals surface area contributed by atoms with Gasteiger partial charge in [0.25, 0.3) is 0 Å². The summed E-state index contributed by atoms with van der Waals surface area (Å²) in [6, 6.07) is 9.51. The summed E-state index contributed by atoms with van der Waals surface area (Å²) in [7, 11) is 0. The van der Waals surface area contributed by atoms with Gasteiger partial charge in [-0.25, -0.2) is 0 Å². The third-order valence-electron chi connectivity index (χ3n) is 4.09. The van der Waals surface area contributed by atoms with E-state index >= 15 is 0 Å². The quantitative estimate of drug-likeness (QED) is 0.758. The maximum absolute atomic E-state index is 3.66. The number of fused-ring (bicyclic) bond motifs is 3. The third kappa shape index (κ3) is 1.44. The minimum atomic E-state index is 0. The first-order valence-electron chi connectivity index (χ1n) is 6.28. The summed E-state index contributed by atoms with van der Waals surface area (Å²) in [5.74, 6) is 0. The number of nitrogens with one attached hydrogen (secondary N) is 1. The SMILES string of the molecule is Cl.c1ccc2c(c1)c1c3n2CCCC3NCC1. The zero-order chi connectivity index (χ0) is 10.5. The number of aryl methyl sites for hydroxylation is 1.